The van der Waals surface area contributed by atoms with Crippen LogP contribution in [0.1, 0.15) is 6.42 Å². The molecule has 1 aromatic carbocycles. The van der Waals surface area contributed by atoms with Crippen LogP contribution in [0.4, 0.5) is 0 Å². The summed E-state index contributed by atoms with van der Waals surface area (Å²) in [7, 11) is -3.62. The Hall–Kier alpha value is -0.910. The van der Waals surface area contributed by atoms with Crippen molar-refractivity contribution in [2.75, 3.05) is 13.2 Å². The molecular weight excluding hydrogens is 216 g/mol. The summed E-state index contributed by atoms with van der Waals surface area (Å²) in [5, 5.41) is 0. The van der Waals surface area contributed by atoms with Crippen LogP contribution in [0.3, 0.4) is 0 Å². The summed E-state index contributed by atoms with van der Waals surface area (Å²) in [4.78, 5) is 0.192. The van der Waals surface area contributed by atoms with E-state index < -0.39 is 10.1 Å². The molecule has 1 aliphatic heterocycles. The minimum absolute atomic E-state index is 0.192. The fourth-order valence-electron chi connectivity index (χ4n) is 1.41. The lowest BCUT2D eigenvalue weighted by molar-refractivity contribution is 0.145. The molecule has 0 N–H and O–H groups in total. The van der Waals surface area contributed by atoms with Crippen LogP contribution < -0.4 is 0 Å². The van der Waals surface area contributed by atoms with Crippen molar-refractivity contribution in [3.63, 3.8) is 0 Å². The predicted molar refractivity (Wildman–Crippen MR) is 53.9 cm³/mol. The molecule has 0 aliphatic carbocycles. The standard InChI is InChI=1S/C10H12O4S/c11-15(12,10-4-2-1-3-5-10)14-9-6-7-13-8-9/h1-5,9H,6-8H2/t9-/m1/s1. The highest BCUT2D eigenvalue weighted by Gasteiger charge is 2.24. The summed E-state index contributed by atoms with van der Waals surface area (Å²) in [5.41, 5.74) is 0. The first kappa shape index (κ1) is 10.6. The molecule has 0 saturated carbocycles. The molecule has 1 saturated heterocycles. The summed E-state index contributed by atoms with van der Waals surface area (Å²) in [6.45, 7) is 0.918. The molecule has 0 bridgehead atoms. The van der Waals surface area contributed by atoms with Gasteiger partial charge in [0.1, 0.15) is 6.10 Å². The summed E-state index contributed by atoms with van der Waals surface area (Å²) in [6.07, 6.45) is 0.293. The van der Waals surface area contributed by atoms with Crippen molar-refractivity contribution in [3.05, 3.63) is 30.3 Å². The average Bonchev–Trinajstić information content (AvgIpc) is 2.71. The van der Waals surface area contributed by atoms with E-state index in [2.05, 4.69) is 0 Å². The smallest absolute Gasteiger partial charge is 0.297 e. The molecule has 82 valence electrons. The van der Waals surface area contributed by atoms with Gasteiger partial charge in [0.15, 0.2) is 0 Å². The SMILES string of the molecule is O=S(=O)(O[C@@H]1CCOC1)c1ccccc1. The normalized spacial score (nSPS) is 21.7. The van der Waals surface area contributed by atoms with Crippen molar-refractivity contribution in [1.29, 1.82) is 0 Å². The lowest BCUT2D eigenvalue weighted by atomic mass is 10.3. The van der Waals surface area contributed by atoms with Gasteiger partial charge in [-0.3, -0.25) is 4.18 Å². The highest BCUT2D eigenvalue weighted by molar-refractivity contribution is 7.86. The van der Waals surface area contributed by atoms with Crippen molar-refractivity contribution >= 4 is 10.1 Å². The van der Waals surface area contributed by atoms with Gasteiger partial charge in [-0.15, -0.1) is 0 Å². The molecule has 1 heterocycles. The third-order valence-corrected chi connectivity index (χ3v) is 3.56. The van der Waals surface area contributed by atoms with Crippen LogP contribution in [0.15, 0.2) is 35.2 Å². The maximum Gasteiger partial charge on any atom is 0.297 e. The zero-order valence-corrected chi connectivity index (χ0v) is 8.94. The fraction of sp³-hybridized carbons (Fsp3) is 0.400. The molecule has 15 heavy (non-hydrogen) atoms. The largest absolute Gasteiger partial charge is 0.379 e. The first-order valence-electron chi connectivity index (χ1n) is 4.74. The van der Waals surface area contributed by atoms with Gasteiger partial charge in [0.25, 0.3) is 10.1 Å². The highest BCUT2D eigenvalue weighted by Crippen LogP contribution is 2.17. The quantitative estimate of drug-likeness (QED) is 0.729. The van der Waals surface area contributed by atoms with Crippen LogP contribution in [0.25, 0.3) is 0 Å². The first-order valence-corrected chi connectivity index (χ1v) is 6.15. The Bertz CT molecular complexity index is 406. The van der Waals surface area contributed by atoms with Crippen molar-refractivity contribution in [2.45, 2.75) is 17.4 Å². The second kappa shape index (κ2) is 4.30. The third-order valence-electron chi connectivity index (χ3n) is 2.18. The van der Waals surface area contributed by atoms with E-state index in [-0.39, 0.29) is 11.0 Å². The molecule has 5 heteroatoms. The third kappa shape index (κ3) is 2.56. The van der Waals surface area contributed by atoms with E-state index >= 15 is 0 Å². The van der Waals surface area contributed by atoms with Gasteiger partial charge in [-0.2, -0.15) is 8.42 Å². The maximum absolute atomic E-state index is 11.7. The Morgan fingerprint density at radius 2 is 2.00 bits per heavy atom. The van der Waals surface area contributed by atoms with Crippen LogP contribution >= 0.6 is 0 Å². The molecule has 2 rings (SSSR count). The van der Waals surface area contributed by atoms with E-state index in [1.807, 2.05) is 0 Å². The minimum Gasteiger partial charge on any atom is -0.379 e. The molecule has 1 fully saturated rings. The van der Waals surface area contributed by atoms with E-state index in [1.54, 1.807) is 18.2 Å². The molecule has 0 amide bonds. The summed E-state index contributed by atoms with van der Waals surface area (Å²) in [5.74, 6) is 0. The maximum atomic E-state index is 11.7. The monoisotopic (exact) mass is 228 g/mol. The van der Waals surface area contributed by atoms with Crippen molar-refractivity contribution in [1.82, 2.24) is 0 Å². The van der Waals surface area contributed by atoms with Crippen molar-refractivity contribution in [2.24, 2.45) is 0 Å². The van der Waals surface area contributed by atoms with Gasteiger partial charge in [0, 0.05) is 13.0 Å². The van der Waals surface area contributed by atoms with E-state index in [4.69, 9.17) is 8.92 Å². The van der Waals surface area contributed by atoms with Gasteiger partial charge in [-0.05, 0) is 12.1 Å². The van der Waals surface area contributed by atoms with Crippen LogP contribution in [0, 0.1) is 0 Å². The molecule has 0 radical (unpaired) electrons. The molecule has 1 atom stereocenters. The average molecular weight is 228 g/mol. The van der Waals surface area contributed by atoms with Gasteiger partial charge < -0.3 is 4.74 Å². The van der Waals surface area contributed by atoms with Crippen LogP contribution in [0.2, 0.25) is 0 Å². The van der Waals surface area contributed by atoms with Gasteiger partial charge in [0.2, 0.25) is 0 Å². The van der Waals surface area contributed by atoms with Crippen LogP contribution in [-0.2, 0) is 19.0 Å². The molecule has 1 aliphatic rings. The van der Waals surface area contributed by atoms with Gasteiger partial charge in [0.05, 0.1) is 11.5 Å². The number of ether oxygens (including phenoxy) is 1. The van der Waals surface area contributed by atoms with Crippen LogP contribution in [-0.4, -0.2) is 27.7 Å². The Morgan fingerprint density at radius 3 is 2.60 bits per heavy atom. The summed E-state index contributed by atoms with van der Waals surface area (Å²) >= 11 is 0. The lowest BCUT2D eigenvalue weighted by Crippen LogP contribution is -2.18. The number of hydrogen-bond donors (Lipinski definition) is 0. The van der Waals surface area contributed by atoms with E-state index in [0.29, 0.717) is 19.6 Å². The number of hydrogen-bond acceptors (Lipinski definition) is 4. The second-order valence-electron chi connectivity index (χ2n) is 3.35. The minimum atomic E-state index is -3.62. The molecule has 1 aromatic rings. The van der Waals surface area contributed by atoms with E-state index in [1.165, 1.54) is 12.1 Å². The lowest BCUT2D eigenvalue weighted by Gasteiger charge is -2.09. The molecular formula is C10H12O4S. The fourth-order valence-corrected chi connectivity index (χ4v) is 2.52. The number of rotatable bonds is 3. The van der Waals surface area contributed by atoms with Crippen molar-refractivity contribution in [3.8, 4) is 0 Å². The molecule has 4 nitrogen and oxygen atoms in total. The Balaban J connectivity index is 2.13. The zero-order chi connectivity index (χ0) is 10.7. The predicted octanol–water partition coefficient (Wildman–Crippen LogP) is 1.18. The first-order chi connectivity index (χ1) is 7.18. The molecule has 0 unspecified atom stereocenters. The Morgan fingerprint density at radius 1 is 1.27 bits per heavy atom. The Kier molecular flexibility index (Phi) is 3.04. The zero-order valence-electron chi connectivity index (χ0n) is 8.13. The number of benzene rings is 1. The van der Waals surface area contributed by atoms with Gasteiger partial charge in [-0.25, -0.2) is 0 Å². The summed E-state index contributed by atoms with van der Waals surface area (Å²) in [6, 6.07) is 8.14. The van der Waals surface area contributed by atoms with Gasteiger partial charge >= 0.3 is 0 Å². The molecule has 0 aromatic heterocycles. The topological polar surface area (TPSA) is 52.6 Å². The van der Waals surface area contributed by atoms with Crippen LogP contribution in [0.5, 0.6) is 0 Å². The second-order valence-corrected chi connectivity index (χ2v) is 4.92. The van der Waals surface area contributed by atoms with Gasteiger partial charge in [-0.1, -0.05) is 18.2 Å². The molecule has 0 spiro atoms. The summed E-state index contributed by atoms with van der Waals surface area (Å²) < 4.78 is 33.5. The van der Waals surface area contributed by atoms with Crippen molar-refractivity contribution < 1.29 is 17.3 Å². The highest BCUT2D eigenvalue weighted by atomic mass is 32.2. The van der Waals surface area contributed by atoms with E-state index in [0.717, 1.165) is 0 Å². The Labute approximate surface area is 88.9 Å². The van der Waals surface area contributed by atoms with E-state index in [9.17, 15) is 8.42 Å².